The van der Waals surface area contributed by atoms with Gasteiger partial charge < -0.3 is 20.9 Å². The van der Waals surface area contributed by atoms with Crippen LogP contribution in [0.15, 0.2) is 30.3 Å². The second-order valence-electron chi connectivity index (χ2n) is 4.89. The van der Waals surface area contributed by atoms with Crippen molar-refractivity contribution in [3.8, 4) is 5.75 Å². The Labute approximate surface area is 130 Å². The van der Waals surface area contributed by atoms with E-state index in [9.17, 15) is 14.4 Å². The molecule has 0 saturated heterocycles. The average molecular weight is 312 g/mol. The Balaban J connectivity index is 2.24. The largest absolute Gasteiger partial charge is 0.513 e. The number of ether oxygens (including phenoxy) is 2. The highest BCUT2D eigenvalue weighted by Crippen LogP contribution is 2.39. The number of hydrogen-bond acceptors (Lipinski definition) is 7. The number of nitrogens with two attached hydrogens (primary N) is 2. The lowest BCUT2D eigenvalue weighted by Crippen LogP contribution is -2.24. The van der Waals surface area contributed by atoms with E-state index in [0.717, 1.165) is 7.11 Å². The fraction of sp³-hybridized carbons (Fsp3) is 0.0625. The molecule has 0 bridgehead atoms. The summed E-state index contributed by atoms with van der Waals surface area (Å²) in [5.74, 6) is -0.979. The zero-order chi connectivity index (χ0) is 16.7. The van der Waals surface area contributed by atoms with Crippen LogP contribution >= 0.6 is 0 Å². The Bertz CT molecular complexity index is 873. The summed E-state index contributed by atoms with van der Waals surface area (Å²) >= 11 is 0. The highest BCUT2D eigenvalue weighted by Gasteiger charge is 2.34. The van der Waals surface area contributed by atoms with Crippen LogP contribution in [0, 0.1) is 0 Å². The SMILES string of the molecule is COC(=O)Oc1cc(N)c2c(c1N)C(=O)c1ccccc1C2=O. The van der Waals surface area contributed by atoms with E-state index in [2.05, 4.69) is 4.74 Å². The van der Waals surface area contributed by atoms with Crippen molar-refractivity contribution < 1.29 is 23.9 Å². The van der Waals surface area contributed by atoms with Gasteiger partial charge in [0, 0.05) is 22.9 Å². The number of methoxy groups -OCH3 is 1. The molecule has 23 heavy (non-hydrogen) atoms. The van der Waals surface area contributed by atoms with Gasteiger partial charge in [0.15, 0.2) is 17.3 Å². The Morgan fingerprint density at radius 3 is 2.13 bits per heavy atom. The van der Waals surface area contributed by atoms with Crippen LogP contribution in [0.3, 0.4) is 0 Å². The summed E-state index contributed by atoms with van der Waals surface area (Å²) in [7, 11) is 1.13. The van der Waals surface area contributed by atoms with Crippen LogP contribution in [0.2, 0.25) is 0 Å². The lowest BCUT2D eigenvalue weighted by Gasteiger charge is -2.21. The van der Waals surface area contributed by atoms with Crippen molar-refractivity contribution in [1.29, 1.82) is 0 Å². The van der Waals surface area contributed by atoms with Crippen LogP contribution in [-0.4, -0.2) is 24.8 Å². The second kappa shape index (κ2) is 5.13. The van der Waals surface area contributed by atoms with E-state index in [4.69, 9.17) is 16.2 Å². The summed E-state index contributed by atoms with van der Waals surface area (Å²) in [5.41, 5.74) is 12.1. The minimum atomic E-state index is -1.01. The molecule has 116 valence electrons. The molecule has 0 heterocycles. The standard InChI is InChI=1S/C16H12N2O5/c1-22-16(21)23-10-6-9(17)11-12(13(10)18)15(20)8-5-3-2-4-7(8)14(11)19/h2-6H,17-18H2,1H3. The highest BCUT2D eigenvalue weighted by atomic mass is 16.7. The fourth-order valence-corrected chi connectivity index (χ4v) is 2.54. The van der Waals surface area contributed by atoms with Gasteiger partial charge in [-0.15, -0.1) is 0 Å². The van der Waals surface area contributed by atoms with E-state index >= 15 is 0 Å². The number of carbonyl (C=O) groups excluding carboxylic acids is 3. The maximum absolute atomic E-state index is 12.7. The maximum Gasteiger partial charge on any atom is 0.513 e. The van der Waals surface area contributed by atoms with Crippen molar-refractivity contribution in [1.82, 2.24) is 0 Å². The van der Waals surface area contributed by atoms with Gasteiger partial charge in [-0.05, 0) is 0 Å². The van der Waals surface area contributed by atoms with Crippen molar-refractivity contribution in [2.75, 3.05) is 18.6 Å². The molecule has 7 nitrogen and oxygen atoms in total. The molecular formula is C16H12N2O5. The molecule has 0 amide bonds. The first-order valence-corrected chi connectivity index (χ1v) is 6.62. The first-order valence-electron chi connectivity index (χ1n) is 6.62. The molecule has 3 rings (SSSR count). The van der Waals surface area contributed by atoms with Crippen molar-refractivity contribution in [3.63, 3.8) is 0 Å². The number of fused-ring (bicyclic) bond motifs is 2. The second-order valence-corrected chi connectivity index (χ2v) is 4.89. The number of hydrogen-bond donors (Lipinski definition) is 2. The van der Waals surface area contributed by atoms with Crippen LogP contribution in [0.1, 0.15) is 31.8 Å². The Hall–Kier alpha value is -3.35. The third-order valence-electron chi connectivity index (χ3n) is 3.59. The van der Waals surface area contributed by atoms with Crippen LogP contribution in [0.25, 0.3) is 0 Å². The topological polar surface area (TPSA) is 122 Å². The Morgan fingerprint density at radius 1 is 1.00 bits per heavy atom. The minimum absolute atomic E-state index is 0.000885. The zero-order valence-electron chi connectivity index (χ0n) is 12.1. The Morgan fingerprint density at radius 2 is 1.57 bits per heavy atom. The fourth-order valence-electron chi connectivity index (χ4n) is 2.54. The number of carbonyl (C=O) groups is 3. The van der Waals surface area contributed by atoms with Crippen LogP contribution < -0.4 is 16.2 Å². The molecule has 0 fully saturated rings. The van der Waals surface area contributed by atoms with E-state index in [0.29, 0.717) is 0 Å². The van der Waals surface area contributed by atoms with Gasteiger partial charge in [0.25, 0.3) is 0 Å². The number of ketones is 2. The normalized spacial score (nSPS) is 12.4. The first kappa shape index (κ1) is 14.6. The molecule has 1 aliphatic carbocycles. The molecule has 2 aromatic rings. The molecular weight excluding hydrogens is 300 g/mol. The van der Waals surface area contributed by atoms with E-state index in [1.807, 2.05) is 0 Å². The summed E-state index contributed by atoms with van der Waals surface area (Å²) in [6.07, 6.45) is -1.01. The number of anilines is 2. The predicted octanol–water partition coefficient (Wildman–Crippen LogP) is 1.77. The molecule has 0 aromatic heterocycles. The van der Waals surface area contributed by atoms with Gasteiger partial charge in [-0.2, -0.15) is 0 Å². The summed E-state index contributed by atoms with van der Waals surface area (Å²) in [6.45, 7) is 0. The quantitative estimate of drug-likeness (QED) is 0.399. The summed E-state index contributed by atoms with van der Waals surface area (Å²) in [4.78, 5) is 36.5. The van der Waals surface area contributed by atoms with E-state index in [1.54, 1.807) is 18.2 Å². The third kappa shape index (κ3) is 2.10. The van der Waals surface area contributed by atoms with Gasteiger partial charge >= 0.3 is 6.16 Å². The molecule has 0 spiro atoms. The monoisotopic (exact) mass is 312 g/mol. The smallest absolute Gasteiger partial charge is 0.437 e. The van der Waals surface area contributed by atoms with Crippen molar-refractivity contribution in [2.24, 2.45) is 0 Å². The minimum Gasteiger partial charge on any atom is -0.437 e. The maximum atomic E-state index is 12.7. The molecule has 0 aliphatic heterocycles. The number of rotatable bonds is 1. The number of benzene rings is 2. The molecule has 1 aliphatic rings. The van der Waals surface area contributed by atoms with Gasteiger partial charge in [-0.25, -0.2) is 4.79 Å². The van der Waals surface area contributed by atoms with Gasteiger partial charge in [-0.1, -0.05) is 24.3 Å². The Kier molecular flexibility index (Phi) is 3.25. The van der Waals surface area contributed by atoms with Gasteiger partial charge in [0.1, 0.15) is 0 Å². The molecule has 0 atom stereocenters. The van der Waals surface area contributed by atoms with Crippen LogP contribution in [-0.2, 0) is 4.74 Å². The van der Waals surface area contributed by atoms with Crippen molar-refractivity contribution in [2.45, 2.75) is 0 Å². The lowest BCUT2D eigenvalue weighted by molar-refractivity contribution is 0.0979. The highest BCUT2D eigenvalue weighted by molar-refractivity contribution is 6.32. The molecule has 4 N–H and O–H groups in total. The third-order valence-corrected chi connectivity index (χ3v) is 3.59. The summed E-state index contributed by atoms with van der Waals surface area (Å²) < 4.78 is 9.27. The van der Waals surface area contributed by atoms with Gasteiger partial charge in [0.05, 0.1) is 23.9 Å². The first-order chi connectivity index (χ1) is 11.0. The van der Waals surface area contributed by atoms with Crippen LogP contribution in [0.4, 0.5) is 16.2 Å². The van der Waals surface area contributed by atoms with Gasteiger partial charge in [-0.3, -0.25) is 9.59 Å². The average Bonchev–Trinajstić information content (AvgIpc) is 2.55. The van der Waals surface area contributed by atoms with Crippen LogP contribution in [0.5, 0.6) is 5.75 Å². The van der Waals surface area contributed by atoms with Crippen molar-refractivity contribution >= 4 is 29.1 Å². The lowest BCUT2D eigenvalue weighted by atomic mass is 9.82. The van der Waals surface area contributed by atoms with Crippen molar-refractivity contribution in [3.05, 3.63) is 52.6 Å². The number of nitrogen functional groups attached to an aromatic ring is 2. The van der Waals surface area contributed by atoms with E-state index in [1.165, 1.54) is 12.1 Å². The zero-order valence-corrected chi connectivity index (χ0v) is 12.1. The molecule has 0 unspecified atom stereocenters. The molecule has 0 saturated carbocycles. The molecule has 2 aromatic carbocycles. The summed E-state index contributed by atoms with van der Waals surface area (Å²) in [6, 6.07) is 7.60. The van der Waals surface area contributed by atoms with E-state index in [-0.39, 0.29) is 39.4 Å². The molecule has 0 radical (unpaired) electrons. The van der Waals surface area contributed by atoms with E-state index < -0.39 is 17.7 Å². The summed E-state index contributed by atoms with van der Waals surface area (Å²) in [5, 5.41) is 0. The predicted molar refractivity (Wildman–Crippen MR) is 81.6 cm³/mol. The van der Waals surface area contributed by atoms with Gasteiger partial charge in [0.2, 0.25) is 0 Å². The molecule has 7 heteroatoms.